The van der Waals surface area contributed by atoms with Crippen LogP contribution in [0.2, 0.25) is 3.93 Å². The van der Waals surface area contributed by atoms with Crippen LogP contribution in [-0.4, -0.2) is 37.8 Å². The number of benzene rings is 1. The van der Waals surface area contributed by atoms with Crippen LogP contribution in [0.5, 0.6) is 5.75 Å². The molecular formula is C13H16HgNO5. The van der Waals surface area contributed by atoms with Gasteiger partial charge in [0.15, 0.2) is 0 Å². The van der Waals surface area contributed by atoms with Crippen LogP contribution in [0.1, 0.15) is 0 Å². The molecule has 0 radical (unpaired) electrons. The Morgan fingerprint density at radius 2 is 1.95 bits per heavy atom. The van der Waals surface area contributed by atoms with Crippen LogP contribution in [0.25, 0.3) is 0 Å². The Bertz CT molecular complexity index is 436. The maximum absolute atomic E-state index is 11.8. The second-order valence-electron chi connectivity index (χ2n) is 3.99. The van der Waals surface area contributed by atoms with Crippen molar-refractivity contribution in [2.75, 3.05) is 13.7 Å². The minimum absolute atomic E-state index is 0.0980. The van der Waals surface area contributed by atoms with Gasteiger partial charge in [0.25, 0.3) is 0 Å². The van der Waals surface area contributed by atoms with Crippen molar-refractivity contribution >= 4 is 11.9 Å². The molecule has 1 aromatic rings. The van der Waals surface area contributed by atoms with Crippen molar-refractivity contribution in [3.63, 3.8) is 0 Å². The van der Waals surface area contributed by atoms with Gasteiger partial charge in [0.05, 0.1) is 0 Å². The molecule has 0 aliphatic rings. The molecule has 0 aromatic heterocycles. The number of primary amides is 1. The van der Waals surface area contributed by atoms with Crippen LogP contribution in [-0.2, 0) is 45.2 Å². The van der Waals surface area contributed by atoms with E-state index in [1.807, 2.05) is 0 Å². The Morgan fingerprint density at radius 1 is 1.30 bits per heavy atom. The third-order valence-electron chi connectivity index (χ3n) is 2.54. The van der Waals surface area contributed by atoms with Crippen LogP contribution in [0.15, 0.2) is 30.3 Å². The van der Waals surface area contributed by atoms with E-state index in [4.69, 9.17) is 19.9 Å². The van der Waals surface area contributed by atoms with Gasteiger partial charge in [0.2, 0.25) is 0 Å². The Labute approximate surface area is 133 Å². The second-order valence-corrected chi connectivity index (χ2v) is 6.23. The molecule has 1 aromatic carbocycles. The molecule has 2 atom stereocenters. The van der Waals surface area contributed by atoms with Crippen LogP contribution in [0.4, 0.5) is 0 Å². The summed E-state index contributed by atoms with van der Waals surface area (Å²) in [6.45, 7) is 0.0980. The van der Waals surface area contributed by atoms with E-state index in [9.17, 15) is 9.59 Å². The quantitative estimate of drug-likeness (QED) is 0.341. The van der Waals surface area contributed by atoms with Crippen LogP contribution < -0.4 is 10.5 Å². The first-order valence-electron chi connectivity index (χ1n) is 6.08. The molecule has 105 valence electrons. The summed E-state index contributed by atoms with van der Waals surface area (Å²) in [5.74, 6) is -1.31. The first kappa shape index (κ1) is 16.9. The normalized spacial score (nSPS) is 13.3. The number of hydrogen-bond acceptors (Lipinski definition) is 5. The van der Waals surface area contributed by atoms with Gasteiger partial charge in [0, 0.05) is 0 Å². The number of ether oxygens (including phenoxy) is 3. The molecule has 0 aliphatic carbocycles. The van der Waals surface area contributed by atoms with Crippen LogP contribution in [0, 0.1) is 0 Å². The Kier molecular flexibility index (Phi) is 7.54. The van der Waals surface area contributed by atoms with Gasteiger partial charge < -0.3 is 0 Å². The molecule has 0 aliphatic heterocycles. The van der Waals surface area contributed by atoms with E-state index in [1.54, 1.807) is 37.4 Å². The molecule has 0 heterocycles. The van der Waals surface area contributed by atoms with E-state index < -0.39 is 18.0 Å². The maximum atomic E-state index is 11.8. The van der Waals surface area contributed by atoms with Crippen molar-refractivity contribution in [1.82, 2.24) is 0 Å². The number of nitrogens with two attached hydrogens (primary N) is 1. The summed E-state index contributed by atoms with van der Waals surface area (Å²) in [5.41, 5.74) is 5.17. The van der Waals surface area contributed by atoms with Gasteiger partial charge in [-0.2, -0.15) is 0 Å². The first-order chi connectivity index (χ1) is 9.58. The Hall–Kier alpha value is -1.14. The fourth-order valence-corrected chi connectivity index (χ4v) is 2.94. The zero-order valence-corrected chi connectivity index (χ0v) is 16.8. The number of hydrogen-bond donors (Lipinski definition) is 1. The summed E-state index contributed by atoms with van der Waals surface area (Å²) in [6.07, 6.45) is -1.58. The monoisotopic (exact) mass is 468 g/mol. The molecule has 0 saturated carbocycles. The fourth-order valence-electron chi connectivity index (χ4n) is 1.38. The molecule has 2 unspecified atom stereocenters. The van der Waals surface area contributed by atoms with Gasteiger partial charge in [-0.1, -0.05) is 0 Å². The number of amides is 1. The van der Waals surface area contributed by atoms with E-state index in [0.29, 0.717) is 31.9 Å². The molecule has 6 nitrogen and oxygen atoms in total. The zero-order chi connectivity index (χ0) is 15.0. The summed E-state index contributed by atoms with van der Waals surface area (Å²) in [7, 11) is 1.55. The van der Waals surface area contributed by atoms with E-state index in [2.05, 4.69) is 0 Å². The number of carbonyl (C=O) groups excluding carboxylic acids is 2. The molecule has 0 saturated heterocycles. The summed E-state index contributed by atoms with van der Waals surface area (Å²) in [4.78, 5) is 23.1. The van der Waals surface area contributed by atoms with Gasteiger partial charge in [-0.3, -0.25) is 0 Å². The number of rotatable bonds is 8. The van der Waals surface area contributed by atoms with Crippen molar-refractivity contribution in [3.8, 4) is 5.75 Å². The minimum atomic E-state index is -1.45. The van der Waals surface area contributed by atoms with E-state index in [-0.39, 0.29) is 12.7 Å². The molecular weight excluding hydrogens is 451 g/mol. The van der Waals surface area contributed by atoms with Gasteiger partial charge in [0.1, 0.15) is 0 Å². The van der Waals surface area contributed by atoms with Gasteiger partial charge in [-0.05, 0) is 0 Å². The van der Waals surface area contributed by atoms with Crippen molar-refractivity contribution in [2.45, 2.75) is 16.1 Å². The number of para-hydroxylation sites is 1. The SMILES string of the molecule is COC([CH2][Hg])COC(=O)C(Oc1ccccc1)C(N)=O. The fraction of sp³-hybridized carbons (Fsp3) is 0.385. The zero-order valence-electron chi connectivity index (χ0n) is 11.3. The van der Waals surface area contributed by atoms with Crippen molar-refractivity contribution in [1.29, 1.82) is 0 Å². The average molecular weight is 467 g/mol. The van der Waals surface area contributed by atoms with Crippen LogP contribution in [0.3, 0.4) is 0 Å². The Balaban J connectivity index is 2.62. The molecule has 0 fully saturated rings. The molecule has 20 heavy (non-hydrogen) atoms. The average Bonchev–Trinajstić information content (AvgIpc) is 2.46. The number of esters is 1. The van der Waals surface area contributed by atoms with Gasteiger partial charge >= 0.3 is 133 Å². The third kappa shape index (κ3) is 5.46. The Morgan fingerprint density at radius 3 is 2.45 bits per heavy atom. The van der Waals surface area contributed by atoms with Crippen molar-refractivity contribution in [3.05, 3.63) is 30.3 Å². The second kappa shape index (κ2) is 8.91. The van der Waals surface area contributed by atoms with Gasteiger partial charge in [-0.25, -0.2) is 0 Å². The molecule has 0 spiro atoms. The van der Waals surface area contributed by atoms with E-state index in [1.165, 1.54) is 0 Å². The van der Waals surface area contributed by atoms with E-state index >= 15 is 0 Å². The molecule has 0 bridgehead atoms. The topological polar surface area (TPSA) is 87.8 Å². The number of methoxy groups -OCH3 is 1. The predicted octanol–water partition coefficient (Wildman–Crippen LogP) is 0.443. The molecule has 7 heteroatoms. The van der Waals surface area contributed by atoms with E-state index in [0.717, 1.165) is 3.93 Å². The molecule has 1 rings (SSSR count). The number of carbonyl (C=O) groups is 2. The summed E-state index contributed by atoms with van der Waals surface area (Å²) in [5, 5.41) is 0. The summed E-state index contributed by atoms with van der Waals surface area (Å²) < 4.78 is 16.3. The molecule has 2 N–H and O–H groups in total. The molecule has 1 amide bonds. The summed E-state index contributed by atoms with van der Waals surface area (Å²) >= 11 is 0.539. The van der Waals surface area contributed by atoms with Gasteiger partial charge in [-0.15, -0.1) is 0 Å². The van der Waals surface area contributed by atoms with Crippen LogP contribution >= 0.6 is 0 Å². The van der Waals surface area contributed by atoms with Crippen molar-refractivity contribution in [2.24, 2.45) is 5.73 Å². The predicted molar refractivity (Wildman–Crippen MR) is 66.6 cm³/mol. The summed E-state index contributed by atoms with van der Waals surface area (Å²) in [6, 6.07) is 8.49. The van der Waals surface area contributed by atoms with Crippen molar-refractivity contribution < 1.29 is 49.9 Å². The third-order valence-corrected chi connectivity index (χ3v) is 5.04. The standard InChI is InChI=1S/C13H16NO5.Hg/c1-9(17-2)8-18-13(16)11(12(14)15)19-10-6-4-3-5-7-10;/h3-7,9,11H,1,8H2,2H3,(H2,14,15);. The first-order valence-corrected chi connectivity index (χ1v) is 9.97.